The van der Waals surface area contributed by atoms with Gasteiger partial charge in [-0.05, 0) is 43.3 Å². The zero-order valence-corrected chi connectivity index (χ0v) is 17.8. The van der Waals surface area contributed by atoms with Crippen LogP contribution in [0.4, 0.5) is 11.4 Å². The second kappa shape index (κ2) is 8.86. The molecule has 5 nitrogen and oxygen atoms in total. The smallest absolute Gasteiger partial charge is 0.264 e. The summed E-state index contributed by atoms with van der Waals surface area (Å²) in [5.41, 5.74) is 1.58. The molecule has 0 spiro atoms. The second-order valence-electron chi connectivity index (χ2n) is 6.31. The fourth-order valence-electron chi connectivity index (χ4n) is 2.67. The van der Waals surface area contributed by atoms with Crippen molar-refractivity contribution in [3.05, 3.63) is 88.4 Å². The van der Waals surface area contributed by atoms with Crippen molar-refractivity contribution in [1.82, 2.24) is 0 Å². The minimum absolute atomic E-state index is 0.0872. The van der Waals surface area contributed by atoms with Gasteiger partial charge in [0.15, 0.2) is 0 Å². The van der Waals surface area contributed by atoms with Crippen molar-refractivity contribution >= 4 is 50.5 Å². The summed E-state index contributed by atoms with van der Waals surface area (Å²) >= 11 is 12.2. The van der Waals surface area contributed by atoms with Gasteiger partial charge in [0.2, 0.25) is 5.91 Å². The molecule has 0 heterocycles. The summed E-state index contributed by atoms with van der Waals surface area (Å²) in [4.78, 5) is 12.8. The molecule has 0 unspecified atom stereocenters. The summed E-state index contributed by atoms with van der Waals surface area (Å²) in [5, 5.41) is 3.13. The van der Waals surface area contributed by atoms with Gasteiger partial charge in [0.25, 0.3) is 10.0 Å². The number of hydrogen-bond donors (Lipinski definition) is 1. The number of carbonyl (C=O) groups is 1. The zero-order valence-electron chi connectivity index (χ0n) is 15.5. The number of amides is 1. The van der Waals surface area contributed by atoms with Gasteiger partial charge in [-0.15, -0.1) is 0 Å². The van der Waals surface area contributed by atoms with Crippen LogP contribution in [0, 0.1) is 6.92 Å². The number of halogens is 2. The monoisotopic (exact) mass is 448 g/mol. The SMILES string of the molecule is Cc1ccc(N(CC(=O)Nc2c(Cl)cccc2Cl)S(=O)(=O)c2ccccc2)cc1. The molecule has 0 aliphatic rings. The first-order valence-corrected chi connectivity index (χ1v) is 10.9. The van der Waals surface area contributed by atoms with Crippen LogP contribution in [0.3, 0.4) is 0 Å². The molecule has 8 heteroatoms. The number of carbonyl (C=O) groups excluding carboxylic acids is 1. The van der Waals surface area contributed by atoms with E-state index in [1.54, 1.807) is 60.7 Å². The molecule has 1 N–H and O–H groups in total. The Labute approximate surface area is 179 Å². The number of benzene rings is 3. The van der Waals surface area contributed by atoms with E-state index >= 15 is 0 Å². The lowest BCUT2D eigenvalue weighted by Crippen LogP contribution is -2.38. The van der Waals surface area contributed by atoms with Gasteiger partial charge in [0, 0.05) is 0 Å². The topological polar surface area (TPSA) is 66.5 Å². The third-order valence-corrected chi connectivity index (χ3v) is 6.59. The van der Waals surface area contributed by atoms with Crippen molar-refractivity contribution < 1.29 is 13.2 Å². The van der Waals surface area contributed by atoms with Crippen molar-refractivity contribution in [2.75, 3.05) is 16.2 Å². The van der Waals surface area contributed by atoms with Crippen LogP contribution in [0.5, 0.6) is 0 Å². The summed E-state index contributed by atoms with van der Waals surface area (Å²) in [6.45, 7) is 1.45. The number of anilines is 2. The number of sulfonamides is 1. The van der Waals surface area contributed by atoms with Crippen LogP contribution in [0.25, 0.3) is 0 Å². The zero-order chi connectivity index (χ0) is 21.0. The molecule has 0 fully saturated rings. The molecule has 150 valence electrons. The van der Waals surface area contributed by atoms with Crippen LogP contribution in [0.1, 0.15) is 5.56 Å². The molecule has 3 aromatic carbocycles. The molecule has 0 aromatic heterocycles. The van der Waals surface area contributed by atoms with E-state index in [9.17, 15) is 13.2 Å². The molecule has 29 heavy (non-hydrogen) atoms. The van der Waals surface area contributed by atoms with E-state index in [4.69, 9.17) is 23.2 Å². The maximum atomic E-state index is 13.2. The van der Waals surface area contributed by atoms with E-state index in [0.717, 1.165) is 9.87 Å². The number of aryl methyl sites for hydroxylation is 1. The summed E-state index contributed by atoms with van der Waals surface area (Å²) in [7, 11) is -3.97. The Kier molecular flexibility index (Phi) is 6.47. The van der Waals surface area contributed by atoms with Gasteiger partial charge in [0.05, 0.1) is 26.3 Å². The molecular weight excluding hydrogens is 431 g/mol. The predicted octanol–water partition coefficient (Wildman–Crippen LogP) is 5.14. The van der Waals surface area contributed by atoms with Crippen molar-refractivity contribution in [1.29, 1.82) is 0 Å². The number of para-hydroxylation sites is 1. The average Bonchev–Trinajstić information content (AvgIpc) is 2.70. The van der Waals surface area contributed by atoms with Gasteiger partial charge >= 0.3 is 0 Å². The van der Waals surface area contributed by atoms with E-state index in [1.165, 1.54) is 12.1 Å². The van der Waals surface area contributed by atoms with Crippen LogP contribution in [-0.4, -0.2) is 20.9 Å². The third kappa shape index (κ3) is 4.90. The fraction of sp³-hybridized carbons (Fsp3) is 0.0952. The Morgan fingerprint density at radius 3 is 2.07 bits per heavy atom. The number of rotatable bonds is 6. The summed E-state index contributed by atoms with van der Waals surface area (Å²) in [6, 6.07) is 19.7. The van der Waals surface area contributed by atoms with E-state index in [-0.39, 0.29) is 20.6 Å². The highest BCUT2D eigenvalue weighted by Gasteiger charge is 2.27. The van der Waals surface area contributed by atoms with Crippen LogP contribution >= 0.6 is 23.2 Å². The molecule has 0 saturated carbocycles. The summed E-state index contributed by atoms with van der Waals surface area (Å²) < 4.78 is 27.5. The van der Waals surface area contributed by atoms with Crippen molar-refractivity contribution in [3.63, 3.8) is 0 Å². The average molecular weight is 449 g/mol. The maximum Gasteiger partial charge on any atom is 0.264 e. The van der Waals surface area contributed by atoms with Crippen molar-refractivity contribution in [3.8, 4) is 0 Å². The van der Waals surface area contributed by atoms with Crippen LogP contribution < -0.4 is 9.62 Å². The number of hydrogen-bond acceptors (Lipinski definition) is 3. The Morgan fingerprint density at radius 2 is 1.48 bits per heavy atom. The van der Waals surface area contributed by atoms with Gasteiger partial charge in [-0.3, -0.25) is 9.10 Å². The summed E-state index contributed by atoms with van der Waals surface area (Å²) in [6.07, 6.45) is 0. The van der Waals surface area contributed by atoms with Crippen molar-refractivity contribution in [2.45, 2.75) is 11.8 Å². The van der Waals surface area contributed by atoms with E-state index < -0.39 is 22.5 Å². The Morgan fingerprint density at radius 1 is 0.897 bits per heavy atom. The molecule has 0 aliphatic heterocycles. The Hall–Kier alpha value is -2.54. The molecule has 0 radical (unpaired) electrons. The largest absolute Gasteiger partial charge is 0.322 e. The van der Waals surface area contributed by atoms with Gasteiger partial charge < -0.3 is 5.32 Å². The molecule has 3 rings (SSSR count). The van der Waals surface area contributed by atoms with Crippen molar-refractivity contribution in [2.24, 2.45) is 0 Å². The lowest BCUT2D eigenvalue weighted by atomic mass is 10.2. The van der Waals surface area contributed by atoms with Gasteiger partial charge in [0.1, 0.15) is 6.54 Å². The molecule has 0 saturated heterocycles. The number of nitrogens with one attached hydrogen (secondary N) is 1. The van der Waals surface area contributed by atoms with E-state index in [0.29, 0.717) is 5.69 Å². The standard InChI is InChI=1S/C21H18Cl2N2O3S/c1-15-10-12-16(13-11-15)25(29(27,28)17-6-3-2-4-7-17)14-20(26)24-21-18(22)8-5-9-19(21)23/h2-13H,14H2,1H3,(H,24,26). The van der Waals surface area contributed by atoms with Crippen LogP contribution in [0.2, 0.25) is 10.0 Å². The van der Waals surface area contributed by atoms with Crippen LogP contribution in [0.15, 0.2) is 77.7 Å². The maximum absolute atomic E-state index is 13.2. The summed E-state index contributed by atoms with van der Waals surface area (Å²) in [5.74, 6) is -0.569. The lowest BCUT2D eigenvalue weighted by molar-refractivity contribution is -0.114. The molecule has 0 bridgehead atoms. The first kappa shape index (κ1) is 21.2. The first-order valence-electron chi connectivity index (χ1n) is 8.67. The Balaban J connectivity index is 1.96. The normalized spacial score (nSPS) is 11.1. The molecule has 1 amide bonds. The van der Waals surface area contributed by atoms with Gasteiger partial charge in [-0.2, -0.15) is 0 Å². The number of nitrogens with zero attached hydrogens (tertiary/aromatic N) is 1. The fourth-order valence-corrected chi connectivity index (χ4v) is 4.61. The molecular formula is C21H18Cl2N2O3S. The third-order valence-electron chi connectivity index (χ3n) is 4.17. The van der Waals surface area contributed by atoms with E-state index in [2.05, 4.69) is 5.32 Å². The minimum atomic E-state index is -3.97. The second-order valence-corrected chi connectivity index (χ2v) is 8.98. The lowest BCUT2D eigenvalue weighted by Gasteiger charge is -2.24. The quantitative estimate of drug-likeness (QED) is 0.567. The minimum Gasteiger partial charge on any atom is -0.322 e. The highest BCUT2D eigenvalue weighted by atomic mass is 35.5. The van der Waals surface area contributed by atoms with Gasteiger partial charge in [-0.25, -0.2) is 8.42 Å². The molecule has 0 atom stereocenters. The molecule has 0 aliphatic carbocycles. The Bertz CT molecular complexity index is 1100. The first-order chi connectivity index (χ1) is 13.8. The van der Waals surface area contributed by atoms with E-state index in [1.807, 2.05) is 6.92 Å². The highest BCUT2D eigenvalue weighted by Crippen LogP contribution is 2.30. The highest BCUT2D eigenvalue weighted by molar-refractivity contribution is 7.92. The molecule has 3 aromatic rings. The predicted molar refractivity (Wildman–Crippen MR) is 117 cm³/mol. The van der Waals surface area contributed by atoms with Gasteiger partial charge in [-0.1, -0.05) is 65.2 Å². The van der Waals surface area contributed by atoms with Crippen LogP contribution in [-0.2, 0) is 14.8 Å².